The van der Waals surface area contributed by atoms with E-state index in [1.54, 1.807) is 0 Å². The third kappa shape index (κ3) is 1.71. The summed E-state index contributed by atoms with van der Waals surface area (Å²) in [6.45, 7) is 1.28. The molecule has 7 nitrogen and oxygen atoms in total. The summed E-state index contributed by atoms with van der Waals surface area (Å²) in [5, 5.41) is 10.8. The van der Waals surface area contributed by atoms with E-state index in [0.717, 1.165) is 0 Å². The van der Waals surface area contributed by atoms with Gasteiger partial charge in [-0.05, 0) is 17.4 Å². The van der Waals surface area contributed by atoms with Crippen molar-refractivity contribution in [1.29, 1.82) is 0 Å². The smallest absolute Gasteiger partial charge is 0.274 e. The van der Waals surface area contributed by atoms with Crippen molar-refractivity contribution in [3.05, 3.63) is 5.82 Å². The van der Waals surface area contributed by atoms with Crippen molar-refractivity contribution in [2.24, 2.45) is 0 Å². The number of nitrogens with one attached hydrogen (secondary N) is 1. The van der Waals surface area contributed by atoms with Crippen LogP contribution in [0.3, 0.4) is 0 Å². The van der Waals surface area contributed by atoms with Crippen LogP contribution in [0, 0.1) is 0 Å². The van der Waals surface area contributed by atoms with Crippen LogP contribution in [0.2, 0.25) is 0 Å². The van der Waals surface area contributed by atoms with Crippen molar-refractivity contribution in [2.45, 2.75) is 12.2 Å². The minimum Gasteiger partial charge on any atom is -0.285 e. The number of hydrogen-bond acceptors (Lipinski definition) is 5. The number of aromatic amines is 1. The number of H-pyrrole nitrogens is 1. The van der Waals surface area contributed by atoms with Crippen LogP contribution in [0.5, 0.6) is 0 Å². The first-order valence-electron chi connectivity index (χ1n) is 2.71. The molecule has 0 aliphatic carbocycles. The Balaban J connectivity index is 2.97. The first kappa shape index (κ1) is 8.08. The standard InChI is InChI=1S/C3H6N4O3S/c1-2(11(8,9)10)3-4-6-7-5-3/h2H,1H3,(H,8,9,10)(H,4,5,6,7). The fourth-order valence-electron chi connectivity index (χ4n) is 0.480. The van der Waals surface area contributed by atoms with E-state index in [4.69, 9.17) is 4.55 Å². The molecule has 0 aliphatic rings. The Labute approximate surface area is 62.6 Å². The quantitative estimate of drug-likeness (QED) is 0.571. The van der Waals surface area contributed by atoms with E-state index >= 15 is 0 Å². The molecule has 0 radical (unpaired) electrons. The molecule has 0 bridgehead atoms. The Morgan fingerprint density at radius 3 is 2.64 bits per heavy atom. The van der Waals surface area contributed by atoms with Gasteiger partial charge in [-0.3, -0.25) is 4.55 Å². The Morgan fingerprint density at radius 1 is 1.64 bits per heavy atom. The summed E-state index contributed by atoms with van der Waals surface area (Å²) >= 11 is 0. The van der Waals surface area contributed by atoms with Gasteiger partial charge in [0.2, 0.25) is 0 Å². The molecule has 0 aliphatic heterocycles. The molecular formula is C3H6N4O3S. The minimum atomic E-state index is -4.10. The van der Waals surface area contributed by atoms with Gasteiger partial charge in [-0.1, -0.05) is 0 Å². The maximum Gasteiger partial charge on any atom is 0.274 e. The van der Waals surface area contributed by atoms with Crippen molar-refractivity contribution in [3.8, 4) is 0 Å². The largest absolute Gasteiger partial charge is 0.285 e. The van der Waals surface area contributed by atoms with E-state index in [-0.39, 0.29) is 5.82 Å². The Bertz CT molecular complexity index is 316. The number of tetrazole rings is 1. The molecule has 11 heavy (non-hydrogen) atoms. The van der Waals surface area contributed by atoms with Crippen LogP contribution < -0.4 is 0 Å². The van der Waals surface area contributed by atoms with Crippen LogP contribution in [0.4, 0.5) is 0 Å². The summed E-state index contributed by atoms with van der Waals surface area (Å²) in [5.74, 6) is 0.0208. The zero-order valence-electron chi connectivity index (χ0n) is 5.59. The molecule has 0 saturated heterocycles. The molecule has 8 heteroatoms. The van der Waals surface area contributed by atoms with Gasteiger partial charge in [0.05, 0.1) is 0 Å². The molecule has 1 rings (SSSR count). The van der Waals surface area contributed by atoms with Gasteiger partial charge in [0.15, 0.2) is 5.82 Å². The SMILES string of the molecule is CC(c1nnn[nH]1)S(=O)(=O)O. The fourth-order valence-corrected chi connectivity index (χ4v) is 0.862. The number of nitrogens with zero attached hydrogens (tertiary/aromatic N) is 3. The minimum absolute atomic E-state index is 0.0208. The van der Waals surface area contributed by atoms with Crippen molar-refractivity contribution in [1.82, 2.24) is 20.6 Å². The van der Waals surface area contributed by atoms with Crippen LogP contribution in [0.1, 0.15) is 18.0 Å². The molecule has 1 heterocycles. The highest BCUT2D eigenvalue weighted by molar-refractivity contribution is 7.86. The van der Waals surface area contributed by atoms with Gasteiger partial charge < -0.3 is 0 Å². The zero-order valence-corrected chi connectivity index (χ0v) is 6.41. The highest BCUT2D eigenvalue weighted by Gasteiger charge is 2.22. The fraction of sp³-hybridized carbons (Fsp3) is 0.667. The van der Waals surface area contributed by atoms with Crippen LogP contribution in [-0.4, -0.2) is 33.6 Å². The molecule has 0 amide bonds. The lowest BCUT2D eigenvalue weighted by Gasteiger charge is -2.00. The first-order chi connectivity index (χ1) is 5.02. The summed E-state index contributed by atoms with van der Waals surface area (Å²) in [4.78, 5) is 0. The predicted molar refractivity (Wildman–Crippen MR) is 34.1 cm³/mol. The lowest BCUT2D eigenvalue weighted by molar-refractivity contribution is 0.470. The van der Waals surface area contributed by atoms with Gasteiger partial charge in [0, 0.05) is 0 Å². The molecular weight excluding hydrogens is 172 g/mol. The zero-order chi connectivity index (χ0) is 8.48. The average molecular weight is 178 g/mol. The highest BCUT2D eigenvalue weighted by Crippen LogP contribution is 2.13. The Hall–Kier alpha value is -1.02. The second-order valence-corrected chi connectivity index (χ2v) is 3.68. The van der Waals surface area contributed by atoms with Crippen LogP contribution in [0.25, 0.3) is 0 Å². The molecule has 0 saturated carbocycles. The molecule has 62 valence electrons. The van der Waals surface area contributed by atoms with Gasteiger partial charge in [0.25, 0.3) is 10.1 Å². The molecule has 1 atom stereocenters. The molecule has 0 aromatic carbocycles. The lowest BCUT2D eigenvalue weighted by atomic mass is 10.5. The summed E-state index contributed by atoms with van der Waals surface area (Å²) in [7, 11) is -4.10. The van der Waals surface area contributed by atoms with E-state index in [1.807, 2.05) is 0 Å². The lowest BCUT2D eigenvalue weighted by Crippen LogP contribution is -2.09. The molecule has 1 unspecified atom stereocenters. The molecule has 1 aromatic heterocycles. The highest BCUT2D eigenvalue weighted by atomic mass is 32.2. The van der Waals surface area contributed by atoms with Crippen molar-refractivity contribution < 1.29 is 13.0 Å². The molecule has 2 N–H and O–H groups in total. The molecule has 1 aromatic rings. The third-order valence-corrected chi connectivity index (χ3v) is 2.31. The Morgan fingerprint density at radius 2 is 2.27 bits per heavy atom. The first-order valence-corrected chi connectivity index (χ1v) is 4.22. The van der Waals surface area contributed by atoms with E-state index in [0.29, 0.717) is 0 Å². The molecule has 0 spiro atoms. The van der Waals surface area contributed by atoms with Crippen molar-refractivity contribution in [2.75, 3.05) is 0 Å². The van der Waals surface area contributed by atoms with E-state index in [9.17, 15) is 8.42 Å². The summed E-state index contributed by atoms with van der Waals surface area (Å²) in [6, 6.07) is 0. The summed E-state index contributed by atoms with van der Waals surface area (Å²) in [6.07, 6.45) is 0. The number of rotatable bonds is 2. The van der Waals surface area contributed by atoms with Crippen molar-refractivity contribution in [3.63, 3.8) is 0 Å². The second kappa shape index (κ2) is 2.55. The molecule has 0 fully saturated rings. The van der Waals surface area contributed by atoms with E-state index in [2.05, 4.69) is 20.6 Å². The van der Waals surface area contributed by atoms with Crippen LogP contribution in [0.15, 0.2) is 0 Å². The Kier molecular flexibility index (Phi) is 1.87. The monoisotopic (exact) mass is 178 g/mol. The van der Waals surface area contributed by atoms with Gasteiger partial charge in [-0.15, -0.1) is 5.10 Å². The summed E-state index contributed by atoms with van der Waals surface area (Å²) < 4.78 is 29.5. The topological polar surface area (TPSA) is 109 Å². The maximum atomic E-state index is 10.5. The number of hydrogen-bond donors (Lipinski definition) is 2. The van der Waals surface area contributed by atoms with Gasteiger partial charge >= 0.3 is 0 Å². The van der Waals surface area contributed by atoms with E-state index < -0.39 is 15.4 Å². The van der Waals surface area contributed by atoms with Gasteiger partial charge in [0.1, 0.15) is 5.25 Å². The third-order valence-electron chi connectivity index (χ3n) is 1.19. The van der Waals surface area contributed by atoms with Gasteiger partial charge in [-0.25, -0.2) is 5.10 Å². The summed E-state index contributed by atoms with van der Waals surface area (Å²) in [5.41, 5.74) is 0. The second-order valence-electron chi connectivity index (χ2n) is 1.94. The number of aromatic nitrogens is 4. The van der Waals surface area contributed by atoms with Crippen LogP contribution >= 0.6 is 0 Å². The predicted octanol–water partition coefficient (Wildman–Crippen LogP) is -0.851. The van der Waals surface area contributed by atoms with Crippen molar-refractivity contribution >= 4 is 10.1 Å². The normalized spacial score (nSPS) is 14.7. The average Bonchev–Trinajstić information content (AvgIpc) is 2.34. The van der Waals surface area contributed by atoms with E-state index in [1.165, 1.54) is 6.92 Å². The van der Waals surface area contributed by atoms with Crippen LogP contribution in [-0.2, 0) is 10.1 Å². The maximum absolute atomic E-state index is 10.5. The van der Waals surface area contributed by atoms with Gasteiger partial charge in [-0.2, -0.15) is 8.42 Å².